The Bertz CT molecular complexity index is 452. The number of aliphatic hydroxyl groups is 1. The van der Waals surface area contributed by atoms with E-state index in [-0.39, 0.29) is 18.9 Å². The van der Waals surface area contributed by atoms with E-state index in [1.807, 2.05) is 12.1 Å². The molecule has 0 fully saturated rings. The van der Waals surface area contributed by atoms with Gasteiger partial charge in [0.1, 0.15) is 0 Å². The van der Waals surface area contributed by atoms with Crippen LogP contribution in [0.15, 0.2) is 29.2 Å². The monoisotopic (exact) mass is 317 g/mol. The predicted molar refractivity (Wildman–Crippen MR) is 78.1 cm³/mol. The highest BCUT2D eigenvalue weighted by atomic mass is 35.5. The SMILES string of the molecule is O=C(CCSc1ccc(Cl)cc1)NCC[C@H](O)C(=O)O. The molecule has 3 N–H and O–H groups in total. The summed E-state index contributed by atoms with van der Waals surface area (Å²) in [5.41, 5.74) is 0. The minimum absolute atomic E-state index is 0.00536. The Hall–Kier alpha value is -1.24. The zero-order valence-corrected chi connectivity index (χ0v) is 12.3. The summed E-state index contributed by atoms with van der Waals surface area (Å²) >= 11 is 7.30. The molecule has 110 valence electrons. The van der Waals surface area contributed by atoms with Crippen molar-refractivity contribution in [2.75, 3.05) is 12.3 Å². The van der Waals surface area contributed by atoms with Gasteiger partial charge in [0.25, 0.3) is 0 Å². The van der Waals surface area contributed by atoms with Gasteiger partial charge in [-0.1, -0.05) is 11.6 Å². The lowest BCUT2D eigenvalue weighted by Crippen LogP contribution is -2.30. The van der Waals surface area contributed by atoms with Crippen molar-refractivity contribution < 1.29 is 19.8 Å². The second-order valence-electron chi connectivity index (χ2n) is 4.05. The van der Waals surface area contributed by atoms with E-state index in [4.69, 9.17) is 21.8 Å². The molecule has 1 amide bonds. The first-order chi connectivity index (χ1) is 9.49. The second-order valence-corrected chi connectivity index (χ2v) is 5.65. The molecule has 20 heavy (non-hydrogen) atoms. The Morgan fingerprint density at radius 3 is 2.55 bits per heavy atom. The Kier molecular flexibility index (Phi) is 7.43. The minimum Gasteiger partial charge on any atom is -0.479 e. The maximum absolute atomic E-state index is 11.5. The number of carboxylic acid groups (broad SMARTS) is 1. The predicted octanol–water partition coefficient (Wildman–Crippen LogP) is 1.77. The Morgan fingerprint density at radius 2 is 1.95 bits per heavy atom. The van der Waals surface area contributed by atoms with Gasteiger partial charge in [-0.3, -0.25) is 4.79 Å². The summed E-state index contributed by atoms with van der Waals surface area (Å²) in [5, 5.41) is 20.7. The molecule has 1 rings (SSSR count). The molecule has 0 aromatic heterocycles. The van der Waals surface area contributed by atoms with E-state index in [2.05, 4.69) is 5.32 Å². The summed E-state index contributed by atoms with van der Waals surface area (Å²) in [7, 11) is 0. The Labute approximate surface area is 126 Å². The van der Waals surface area contributed by atoms with Crippen molar-refractivity contribution in [3.63, 3.8) is 0 Å². The smallest absolute Gasteiger partial charge is 0.332 e. The fourth-order valence-corrected chi connectivity index (χ4v) is 2.33. The van der Waals surface area contributed by atoms with Crippen LogP contribution in [0.1, 0.15) is 12.8 Å². The summed E-state index contributed by atoms with van der Waals surface area (Å²) in [6.07, 6.45) is -1.10. The molecule has 5 nitrogen and oxygen atoms in total. The van der Waals surface area contributed by atoms with Crippen molar-refractivity contribution in [1.29, 1.82) is 0 Å². The number of amides is 1. The minimum atomic E-state index is -1.43. The molecule has 0 bridgehead atoms. The van der Waals surface area contributed by atoms with Crippen molar-refractivity contribution in [3.05, 3.63) is 29.3 Å². The van der Waals surface area contributed by atoms with E-state index in [1.165, 1.54) is 11.8 Å². The van der Waals surface area contributed by atoms with Crippen molar-refractivity contribution in [2.24, 2.45) is 0 Å². The van der Waals surface area contributed by atoms with Gasteiger partial charge in [-0.25, -0.2) is 4.79 Å². The summed E-state index contributed by atoms with van der Waals surface area (Å²) in [6, 6.07) is 7.34. The van der Waals surface area contributed by atoms with Crippen molar-refractivity contribution in [3.8, 4) is 0 Å². The fourth-order valence-electron chi connectivity index (χ4n) is 1.35. The number of hydrogen-bond acceptors (Lipinski definition) is 4. The summed E-state index contributed by atoms with van der Waals surface area (Å²) in [4.78, 5) is 22.8. The molecule has 0 saturated heterocycles. The number of aliphatic hydroxyl groups excluding tert-OH is 1. The Balaban J connectivity index is 2.14. The van der Waals surface area contributed by atoms with Crippen LogP contribution >= 0.6 is 23.4 Å². The average Bonchev–Trinajstić information content (AvgIpc) is 2.40. The zero-order valence-electron chi connectivity index (χ0n) is 10.7. The van der Waals surface area contributed by atoms with Crippen LogP contribution in [-0.4, -0.2) is 40.5 Å². The zero-order chi connectivity index (χ0) is 15.0. The molecule has 0 aliphatic carbocycles. The molecule has 0 heterocycles. The van der Waals surface area contributed by atoms with Crippen molar-refractivity contribution in [2.45, 2.75) is 23.8 Å². The van der Waals surface area contributed by atoms with Gasteiger partial charge in [0.15, 0.2) is 6.10 Å². The largest absolute Gasteiger partial charge is 0.479 e. The lowest BCUT2D eigenvalue weighted by molar-refractivity contribution is -0.147. The first-order valence-corrected chi connectivity index (χ1v) is 7.41. The number of aliphatic carboxylic acids is 1. The van der Waals surface area contributed by atoms with Gasteiger partial charge in [-0.05, 0) is 24.3 Å². The van der Waals surface area contributed by atoms with Gasteiger partial charge in [0.2, 0.25) is 5.91 Å². The third kappa shape index (κ3) is 6.79. The maximum Gasteiger partial charge on any atom is 0.332 e. The molecule has 1 atom stereocenters. The van der Waals surface area contributed by atoms with Gasteiger partial charge >= 0.3 is 5.97 Å². The van der Waals surface area contributed by atoms with Crippen LogP contribution in [0.2, 0.25) is 5.02 Å². The van der Waals surface area contributed by atoms with Crippen LogP contribution in [0.4, 0.5) is 0 Å². The van der Waals surface area contributed by atoms with E-state index in [0.717, 1.165) is 4.90 Å². The number of carbonyl (C=O) groups excluding carboxylic acids is 1. The Morgan fingerprint density at radius 1 is 1.30 bits per heavy atom. The second kappa shape index (κ2) is 8.84. The number of carboxylic acids is 1. The van der Waals surface area contributed by atoms with E-state index in [9.17, 15) is 9.59 Å². The molecular formula is C13H16ClNO4S. The van der Waals surface area contributed by atoms with Crippen LogP contribution < -0.4 is 5.32 Å². The van der Waals surface area contributed by atoms with E-state index in [1.54, 1.807) is 12.1 Å². The standard InChI is InChI=1S/C13H16ClNO4S/c14-9-1-3-10(4-2-9)20-8-6-12(17)15-7-5-11(16)13(18)19/h1-4,11,16H,5-8H2,(H,15,17)(H,18,19)/t11-/m0/s1. The number of halogens is 1. The lowest BCUT2D eigenvalue weighted by Gasteiger charge is -2.07. The third-order valence-corrected chi connectivity index (χ3v) is 3.70. The quantitative estimate of drug-likeness (QED) is 0.636. The molecule has 7 heteroatoms. The van der Waals surface area contributed by atoms with E-state index in [0.29, 0.717) is 17.2 Å². The van der Waals surface area contributed by atoms with Crippen LogP contribution in [0, 0.1) is 0 Å². The highest BCUT2D eigenvalue weighted by Gasteiger charge is 2.12. The maximum atomic E-state index is 11.5. The number of nitrogens with one attached hydrogen (secondary N) is 1. The van der Waals surface area contributed by atoms with E-state index < -0.39 is 12.1 Å². The van der Waals surface area contributed by atoms with Gasteiger partial charge in [0.05, 0.1) is 0 Å². The van der Waals surface area contributed by atoms with Gasteiger partial charge in [-0.2, -0.15) is 0 Å². The normalized spacial score (nSPS) is 11.9. The molecule has 0 spiro atoms. The lowest BCUT2D eigenvalue weighted by atomic mass is 10.2. The molecule has 0 saturated carbocycles. The number of carbonyl (C=O) groups is 2. The number of hydrogen-bond donors (Lipinski definition) is 3. The van der Waals surface area contributed by atoms with Crippen molar-refractivity contribution >= 4 is 35.2 Å². The molecule has 1 aromatic rings. The highest BCUT2D eigenvalue weighted by Crippen LogP contribution is 2.20. The van der Waals surface area contributed by atoms with Crippen LogP contribution in [0.25, 0.3) is 0 Å². The molecular weight excluding hydrogens is 302 g/mol. The van der Waals surface area contributed by atoms with Crippen LogP contribution in [-0.2, 0) is 9.59 Å². The van der Waals surface area contributed by atoms with Crippen molar-refractivity contribution in [1.82, 2.24) is 5.32 Å². The van der Waals surface area contributed by atoms with Crippen LogP contribution in [0.5, 0.6) is 0 Å². The summed E-state index contributed by atoms with van der Waals surface area (Å²) in [6.45, 7) is 0.151. The molecule has 0 aliphatic rings. The molecule has 0 radical (unpaired) electrons. The molecule has 0 unspecified atom stereocenters. The van der Waals surface area contributed by atoms with Gasteiger partial charge in [0, 0.05) is 35.1 Å². The molecule has 0 aliphatic heterocycles. The van der Waals surface area contributed by atoms with Crippen LogP contribution in [0.3, 0.4) is 0 Å². The third-order valence-electron chi connectivity index (χ3n) is 2.44. The number of rotatable bonds is 8. The number of benzene rings is 1. The summed E-state index contributed by atoms with van der Waals surface area (Å²) in [5.74, 6) is -0.823. The summed E-state index contributed by atoms with van der Waals surface area (Å²) < 4.78 is 0. The first-order valence-electron chi connectivity index (χ1n) is 6.05. The van der Waals surface area contributed by atoms with E-state index >= 15 is 0 Å². The molecule has 1 aromatic carbocycles. The number of thioether (sulfide) groups is 1. The first kappa shape index (κ1) is 16.8. The fraction of sp³-hybridized carbons (Fsp3) is 0.385. The van der Waals surface area contributed by atoms with Gasteiger partial charge in [-0.15, -0.1) is 11.8 Å². The van der Waals surface area contributed by atoms with Gasteiger partial charge < -0.3 is 15.5 Å². The average molecular weight is 318 g/mol. The topological polar surface area (TPSA) is 86.6 Å². The highest BCUT2D eigenvalue weighted by molar-refractivity contribution is 7.99.